The summed E-state index contributed by atoms with van der Waals surface area (Å²) in [5, 5.41) is 2.99. The van der Waals surface area contributed by atoms with Gasteiger partial charge in [0.15, 0.2) is 0 Å². The van der Waals surface area contributed by atoms with Crippen molar-refractivity contribution in [3.05, 3.63) is 11.1 Å². The molecule has 2 aliphatic heterocycles. The fraction of sp³-hybridized carbons (Fsp3) is 0.750. The van der Waals surface area contributed by atoms with Gasteiger partial charge in [0, 0.05) is 29.8 Å². The van der Waals surface area contributed by atoms with Crippen molar-refractivity contribution in [3.63, 3.8) is 0 Å². The zero-order valence-corrected chi connectivity index (χ0v) is 16.6. The lowest BCUT2D eigenvalue weighted by Gasteiger charge is -2.31. The van der Waals surface area contributed by atoms with Gasteiger partial charge in [-0.1, -0.05) is 25.7 Å². The highest BCUT2D eigenvalue weighted by molar-refractivity contribution is 8.01. The smallest absolute Gasteiger partial charge is 0.247 e. The SMILES string of the molecule is NC(=O)C1=C2CCCCC2SC1NC(=O)[C@H]1CC(=O)N(C2CCCCC2)C1. The average molecular weight is 392 g/mol. The van der Waals surface area contributed by atoms with Gasteiger partial charge in [0.1, 0.15) is 5.37 Å². The second-order valence-electron chi connectivity index (χ2n) is 8.30. The third kappa shape index (κ3) is 3.75. The molecule has 4 rings (SSSR count). The summed E-state index contributed by atoms with van der Waals surface area (Å²) in [5.41, 5.74) is 7.38. The molecule has 0 aromatic rings. The van der Waals surface area contributed by atoms with Crippen LogP contribution in [0.15, 0.2) is 11.1 Å². The first-order chi connectivity index (χ1) is 13.0. The molecule has 0 radical (unpaired) electrons. The Kier molecular flexibility index (Phi) is 5.48. The number of likely N-dealkylation sites (tertiary alicyclic amines) is 1. The van der Waals surface area contributed by atoms with E-state index in [4.69, 9.17) is 5.73 Å². The van der Waals surface area contributed by atoms with Gasteiger partial charge in [-0.25, -0.2) is 0 Å². The summed E-state index contributed by atoms with van der Waals surface area (Å²) in [5.74, 6) is -0.749. The van der Waals surface area contributed by atoms with Crippen molar-refractivity contribution in [3.8, 4) is 0 Å². The summed E-state index contributed by atoms with van der Waals surface area (Å²) in [6.07, 6.45) is 10.1. The van der Waals surface area contributed by atoms with Crippen molar-refractivity contribution < 1.29 is 14.4 Å². The Morgan fingerprint density at radius 3 is 2.56 bits per heavy atom. The van der Waals surface area contributed by atoms with Crippen molar-refractivity contribution in [2.24, 2.45) is 11.7 Å². The average Bonchev–Trinajstić information content (AvgIpc) is 3.22. The summed E-state index contributed by atoms with van der Waals surface area (Å²) >= 11 is 1.64. The van der Waals surface area contributed by atoms with E-state index in [1.54, 1.807) is 11.8 Å². The Bertz CT molecular complexity index is 671. The number of hydrogen-bond acceptors (Lipinski definition) is 4. The fourth-order valence-electron chi connectivity index (χ4n) is 5.13. The van der Waals surface area contributed by atoms with Crippen LogP contribution >= 0.6 is 11.8 Å². The molecule has 7 heteroatoms. The van der Waals surface area contributed by atoms with Crippen LogP contribution in [0, 0.1) is 5.92 Å². The molecule has 3 atom stereocenters. The minimum atomic E-state index is -0.418. The van der Waals surface area contributed by atoms with Crippen molar-refractivity contribution >= 4 is 29.5 Å². The van der Waals surface area contributed by atoms with Crippen molar-refractivity contribution in [2.45, 2.75) is 80.9 Å². The first-order valence-electron chi connectivity index (χ1n) is 10.3. The van der Waals surface area contributed by atoms with Gasteiger partial charge in [-0.05, 0) is 37.7 Å². The number of primary amides is 1. The molecule has 0 spiro atoms. The summed E-state index contributed by atoms with van der Waals surface area (Å²) in [6, 6.07) is 0.302. The van der Waals surface area contributed by atoms with E-state index in [1.807, 2.05) is 4.90 Å². The number of nitrogens with two attached hydrogens (primary N) is 1. The van der Waals surface area contributed by atoms with Gasteiger partial charge in [-0.3, -0.25) is 14.4 Å². The highest BCUT2D eigenvalue weighted by atomic mass is 32.2. The number of nitrogens with zero attached hydrogens (tertiary/aromatic N) is 1. The van der Waals surface area contributed by atoms with E-state index in [2.05, 4.69) is 5.32 Å². The lowest BCUT2D eigenvalue weighted by Crippen LogP contribution is -2.42. The molecule has 3 fully saturated rings. The largest absolute Gasteiger partial charge is 0.366 e. The highest BCUT2D eigenvalue weighted by Gasteiger charge is 2.42. The fourth-order valence-corrected chi connectivity index (χ4v) is 6.76. The molecule has 2 unspecified atom stereocenters. The monoisotopic (exact) mass is 391 g/mol. The number of rotatable bonds is 4. The molecule has 6 nitrogen and oxygen atoms in total. The van der Waals surface area contributed by atoms with Crippen molar-refractivity contribution in [1.82, 2.24) is 10.2 Å². The van der Waals surface area contributed by atoms with E-state index in [9.17, 15) is 14.4 Å². The van der Waals surface area contributed by atoms with Gasteiger partial charge in [0.25, 0.3) is 0 Å². The van der Waals surface area contributed by atoms with Crippen LogP contribution in [0.3, 0.4) is 0 Å². The second-order valence-corrected chi connectivity index (χ2v) is 9.61. The maximum absolute atomic E-state index is 12.9. The van der Waals surface area contributed by atoms with E-state index >= 15 is 0 Å². The zero-order chi connectivity index (χ0) is 19.0. The number of carbonyl (C=O) groups excluding carboxylic acids is 3. The molecule has 3 amide bonds. The first-order valence-corrected chi connectivity index (χ1v) is 11.3. The topological polar surface area (TPSA) is 92.5 Å². The molecule has 148 valence electrons. The number of fused-ring (bicyclic) bond motifs is 1. The van der Waals surface area contributed by atoms with Crippen LogP contribution in [0.1, 0.15) is 64.2 Å². The maximum atomic E-state index is 12.9. The molecule has 1 saturated heterocycles. The Morgan fingerprint density at radius 2 is 1.81 bits per heavy atom. The van der Waals surface area contributed by atoms with Crippen molar-refractivity contribution in [2.75, 3.05) is 6.54 Å². The summed E-state index contributed by atoms with van der Waals surface area (Å²) in [4.78, 5) is 39.3. The molecule has 0 aromatic carbocycles. The molecule has 2 saturated carbocycles. The summed E-state index contributed by atoms with van der Waals surface area (Å²) in [7, 11) is 0. The van der Waals surface area contributed by atoms with E-state index in [1.165, 1.54) is 19.3 Å². The third-order valence-corrected chi connectivity index (χ3v) is 8.02. The lowest BCUT2D eigenvalue weighted by atomic mass is 9.90. The normalized spacial score (nSPS) is 31.9. The lowest BCUT2D eigenvalue weighted by molar-refractivity contribution is -0.130. The maximum Gasteiger partial charge on any atom is 0.247 e. The summed E-state index contributed by atoms with van der Waals surface area (Å²) in [6.45, 7) is 0.513. The van der Waals surface area contributed by atoms with E-state index in [0.717, 1.165) is 44.1 Å². The minimum absolute atomic E-state index is 0.100. The second kappa shape index (κ2) is 7.86. The molecule has 4 aliphatic rings. The number of hydrogen-bond donors (Lipinski definition) is 2. The molecular formula is C20H29N3O3S. The molecule has 0 aromatic heterocycles. The van der Waals surface area contributed by atoms with E-state index in [0.29, 0.717) is 23.4 Å². The molecular weight excluding hydrogens is 362 g/mol. The third-order valence-electron chi connectivity index (χ3n) is 6.54. The molecule has 27 heavy (non-hydrogen) atoms. The van der Waals surface area contributed by atoms with Crippen LogP contribution in [-0.2, 0) is 14.4 Å². The van der Waals surface area contributed by atoms with Gasteiger partial charge in [-0.15, -0.1) is 11.8 Å². The first kappa shape index (κ1) is 18.8. The van der Waals surface area contributed by atoms with Crippen LogP contribution < -0.4 is 11.1 Å². The number of thioether (sulfide) groups is 1. The van der Waals surface area contributed by atoms with Crippen LogP contribution in [0.5, 0.6) is 0 Å². The Morgan fingerprint density at radius 1 is 1.07 bits per heavy atom. The Labute approximate surface area is 164 Å². The molecule has 3 N–H and O–H groups in total. The predicted octanol–water partition coefficient (Wildman–Crippen LogP) is 2.08. The van der Waals surface area contributed by atoms with Crippen LogP contribution in [0.2, 0.25) is 0 Å². The molecule has 0 bridgehead atoms. The van der Waals surface area contributed by atoms with Crippen molar-refractivity contribution in [1.29, 1.82) is 0 Å². The van der Waals surface area contributed by atoms with Gasteiger partial charge in [-0.2, -0.15) is 0 Å². The van der Waals surface area contributed by atoms with E-state index in [-0.39, 0.29) is 29.5 Å². The number of carbonyl (C=O) groups is 3. The summed E-state index contributed by atoms with van der Waals surface area (Å²) < 4.78 is 0. The van der Waals surface area contributed by atoms with Gasteiger partial charge < -0.3 is 16.0 Å². The van der Waals surface area contributed by atoms with Crippen LogP contribution in [-0.4, -0.2) is 45.8 Å². The molecule has 2 aliphatic carbocycles. The van der Waals surface area contributed by atoms with Gasteiger partial charge in [0.05, 0.1) is 5.92 Å². The Balaban J connectivity index is 1.41. The zero-order valence-electron chi connectivity index (χ0n) is 15.7. The van der Waals surface area contributed by atoms with Gasteiger partial charge >= 0.3 is 0 Å². The van der Waals surface area contributed by atoms with Gasteiger partial charge in [0.2, 0.25) is 17.7 Å². The Hall–Kier alpha value is -1.50. The van der Waals surface area contributed by atoms with E-state index < -0.39 is 5.91 Å². The molecule has 2 heterocycles. The number of nitrogens with one attached hydrogen (secondary N) is 1. The predicted molar refractivity (Wildman–Crippen MR) is 105 cm³/mol. The minimum Gasteiger partial charge on any atom is -0.366 e. The standard InChI is InChI=1S/C20H29N3O3S/c21-18(25)17-14-8-4-5-9-15(14)27-20(17)22-19(26)12-10-16(24)23(11-12)13-6-2-1-3-7-13/h12-13,15,20H,1-11H2,(H2,21,25)(H,22,26)/t12-,15?,20?/m0/s1. The van der Waals surface area contributed by atoms with Crippen LogP contribution in [0.4, 0.5) is 0 Å². The van der Waals surface area contributed by atoms with Crippen LogP contribution in [0.25, 0.3) is 0 Å². The highest BCUT2D eigenvalue weighted by Crippen LogP contribution is 2.45. The quantitative estimate of drug-likeness (QED) is 0.767. The number of amides is 3.